The van der Waals surface area contributed by atoms with Gasteiger partial charge in [0.2, 0.25) is 0 Å². The van der Waals surface area contributed by atoms with Crippen LogP contribution in [0.1, 0.15) is 0 Å². The molecule has 0 fully saturated rings. The molecule has 33 valence electrons. The second kappa shape index (κ2) is 47.9. The minimum atomic E-state index is 0. The Bertz CT molecular complexity index is 6.85. The maximum absolute atomic E-state index is 0. The third-order valence-electron chi connectivity index (χ3n) is 0. The van der Waals surface area contributed by atoms with Crippen molar-refractivity contribution in [3.8, 4) is 0 Å². The maximum atomic E-state index is 0. The predicted molar refractivity (Wildman–Crippen MR) is 13.1 cm³/mol. The zero-order valence-corrected chi connectivity index (χ0v) is 6.21. The van der Waals surface area contributed by atoms with Crippen LogP contribution in [0.3, 0.4) is 0 Å². The molecular weight excluding hydrogens is 224 g/mol. The Labute approximate surface area is 69.8 Å². The van der Waals surface area contributed by atoms with Crippen LogP contribution in [-0.4, -0.2) is 16.4 Å². The fourth-order valence-electron chi connectivity index (χ4n) is 0. The second-order valence-corrected chi connectivity index (χ2v) is 0. The van der Waals surface area contributed by atoms with Crippen LogP contribution >= 0.6 is 12.4 Å². The SMILES string of the molecule is Cl.[Ce+3].[OH-].[OH-].[OH-]. The zero-order valence-electron chi connectivity index (χ0n) is 2.25. The van der Waals surface area contributed by atoms with Gasteiger partial charge in [-0.1, -0.05) is 0 Å². The van der Waals surface area contributed by atoms with E-state index in [2.05, 4.69) is 0 Å². The maximum Gasteiger partial charge on any atom is 3.00 e. The van der Waals surface area contributed by atoms with Crippen molar-refractivity contribution in [2.24, 2.45) is 0 Å². The topological polar surface area (TPSA) is 90.0 Å². The van der Waals surface area contributed by atoms with Gasteiger partial charge in [-0.3, -0.25) is 0 Å². The molecule has 5 heteroatoms. The first-order valence-corrected chi connectivity index (χ1v) is 0. The van der Waals surface area contributed by atoms with Gasteiger partial charge in [0.1, 0.15) is 0 Å². The molecular formula is H4CeClO3. The minimum Gasteiger partial charge on any atom is -0.870 e. The molecule has 0 aromatic heterocycles. The first-order chi connectivity index (χ1) is 0. The van der Waals surface area contributed by atoms with E-state index in [0.29, 0.717) is 0 Å². The fourth-order valence-corrected chi connectivity index (χ4v) is 0. The molecule has 0 heterocycles. The molecule has 0 saturated carbocycles. The van der Waals surface area contributed by atoms with Gasteiger partial charge < -0.3 is 16.4 Å². The van der Waals surface area contributed by atoms with E-state index in [-0.39, 0.29) is 70.6 Å². The average molecular weight is 228 g/mol. The Morgan fingerprint density at radius 3 is 0.600 bits per heavy atom. The monoisotopic (exact) mass is 227 g/mol. The standard InChI is InChI=1S/Ce.ClH.3H2O/h;1H;3*1H2/q+3;;;;/p-3. The van der Waals surface area contributed by atoms with Crippen LogP contribution in [-0.2, 0) is 0 Å². The molecule has 0 rings (SSSR count). The van der Waals surface area contributed by atoms with Crippen LogP contribution in [0, 0.1) is 41.7 Å². The molecule has 0 saturated heterocycles. The molecule has 0 aliphatic heterocycles. The molecule has 0 bridgehead atoms. The molecule has 0 aromatic carbocycles. The Balaban J connectivity index is 0. The summed E-state index contributed by atoms with van der Waals surface area (Å²) in [5.41, 5.74) is 0. The zero-order chi connectivity index (χ0) is 0. The van der Waals surface area contributed by atoms with Crippen molar-refractivity contribution < 1.29 is 58.2 Å². The van der Waals surface area contributed by atoms with Gasteiger partial charge in [0.25, 0.3) is 0 Å². The van der Waals surface area contributed by atoms with E-state index in [1.807, 2.05) is 0 Å². The Kier molecular flexibility index (Phi) is 807. The van der Waals surface area contributed by atoms with Crippen molar-refractivity contribution >= 4 is 12.4 Å². The van der Waals surface area contributed by atoms with Gasteiger partial charge in [0.15, 0.2) is 0 Å². The van der Waals surface area contributed by atoms with E-state index >= 15 is 0 Å². The van der Waals surface area contributed by atoms with Gasteiger partial charge in [-0.15, -0.1) is 12.4 Å². The van der Waals surface area contributed by atoms with Crippen LogP contribution in [0.25, 0.3) is 0 Å². The number of hydrogen-bond acceptors (Lipinski definition) is 3. The van der Waals surface area contributed by atoms with Crippen molar-refractivity contribution in [3.05, 3.63) is 0 Å². The quantitative estimate of drug-likeness (QED) is 0.578. The van der Waals surface area contributed by atoms with Crippen LogP contribution in [0.4, 0.5) is 0 Å². The van der Waals surface area contributed by atoms with Gasteiger partial charge in [-0.2, -0.15) is 0 Å². The van der Waals surface area contributed by atoms with E-state index in [1.165, 1.54) is 0 Å². The molecule has 0 unspecified atom stereocenters. The molecule has 3 N–H and O–H groups in total. The number of rotatable bonds is 0. The van der Waals surface area contributed by atoms with Crippen LogP contribution in [0.15, 0.2) is 0 Å². The summed E-state index contributed by atoms with van der Waals surface area (Å²) in [5, 5.41) is 0. The largest absolute Gasteiger partial charge is 3.00 e. The fraction of sp³-hybridized carbons (Fsp3) is 0. The Hall–Kier alpha value is 1.55. The third-order valence-corrected chi connectivity index (χ3v) is 0. The molecule has 0 aromatic rings. The normalized spacial score (nSPS) is 0. The average Bonchev–Trinajstić information content (AvgIpc) is 0. The molecule has 0 spiro atoms. The molecule has 0 aliphatic carbocycles. The van der Waals surface area contributed by atoms with Crippen molar-refractivity contribution in [1.82, 2.24) is 0 Å². The van der Waals surface area contributed by atoms with Crippen molar-refractivity contribution in [2.75, 3.05) is 0 Å². The minimum absolute atomic E-state index is 0. The second-order valence-electron chi connectivity index (χ2n) is 0. The molecule has 3 nitrogen and oxygen atoms in total. The van der Waals surface area contributed by atoms with Gasteiger partial charge in [-0.25, -0.2) is 0 Å². The first-order valence-electron chi connectivity index (χ1n) is 0. The summed E-state index contributed by atoms with van der Waals surface area (Å²) in [6, 6.07) is 0. The van der Waals surface area contributed by atoms with Gasteiger partial charge in [0, 0.05) is 0 Å². The first kappa shape index (κ1) is 84.2. The van der Waals surface area contributed by atoms with Crippen molar-refractivity contribution in [3.63, 3.8) is 0 Å². The summed E-state index contributed by atoms with van der Waals surface area (Å²) in [4.78, 5) is 0. The Morgan fingerprint density at radius 2 is 0.600 bits per heavy atom. The summed E-state index contributed by atoms with van der Waals surface area (Å²) in [6.07, 6.45) is 0. The summed E-state index contributed by atoms with van der Waals surface area (Å²) in [5.74, 6) is 0. The smallest absolute Gasteiger partial charge is 0.870 e. The van der Waals surface area contributed by atoms with Gasteiger partial charge in [0.05, 0.1) is 0 Å². The molecule has 0 aliphatic rings. The molecule has 0 amide bonds. The number of hydrogen-bond donors (Lipinski definition) is 0. The summed E-state index contributed by atoms with van der Waals surface area (Å²) in [6.45, 7) is 0. The molecule has 1 radical (unpaired) electrons. The third kappa shape index (κ3) is 29.2. The van der Waals surface area contributed by atoms with E-state index in [1.54, 1.807) is 0 Å². The van der Waals surface area contributed by atoms with E-state index in [4.69, 9.17) is 0 Å². The van der Waals surface area contributed by atoms with E-state index < -0.39 is 0 Å². The molecule has 5 heavy (non-hydrogen) atoms. The van der Waals surface area contributed by atoms with Gasteiger partial charge >= 0.3 is 41.7 Å². The summed E-state index contributed by atoms with van der Waals surface area (Å²) in [7, 11) is 0. The number of halogens is 1. The molecule has 0 atom stereocenters. The van der Waals surface area contributed by atoms with Crippen LogP contribution < -0.4 is 0 Å². The van der Waals surface area contributed by atoms with Crippen molar-refractivity contribution in [1.29, 1.82) is 0 Å². The van der Waals surface area contributed by atoms with Gasteiger partial charge in [-0.05, 0) is 0 Å². The summed E-state index contributed by atoms with van der Waals surface area (Å²) >= 11 is 0. The Morgan fingerprint density at radius 1 is 0.600 bits per heavy atom. The van der Waals surface area contributed by atoms with E-state index in [9.17, 15) is 0 Å². The van der Waals surface area contributed by atoms with E-state index in [0.717, 1.165) is 0 Å². The van der Waals surface area contributed by atoms with Crippen molar-refractivity contribution in [2.45, 2.75) is 0 Å². The van der Waals surface area contributed by atoms with Crippen LogP contribution in [0.5, 0.6) is 0 Å². The summed E-state index contributed by atoms with van der Waals surface area (Å²) < 4.78 is 0. The predicted octanol–water partition coefficient (Wildman–Crippen LogP) is -0.109. The van der Waals surface area contributed by atoms with Crippen LogP contribution in [0.2, 0.25) is 0 Å².